The van der Waals surface area contributed by atoms with Gasteiger partial charge in [0.2, 0.25) is 5.95 Å². The van der Waals surface area contributed by atoms with Gasteiger partial charge in [-0.05, 0) is 38.4 Å². The summed E-state index contributed by atoms with van der Waals surface area (Å²) in [6.45, 7) is 12.0. The average Bonchev–Trinajstić information content (AvgIpc) is 3.71. The van der Waals surface area contributed by atoms with E-state index < -0.39 is 0 Å². The van der Waals surface area contributed by atoms with Gasteiger partial charge in [-0.2, -0.15) is 4.98 Å². The number of likely N-dealkylation sites (N-methyl/N-ethyl adjacent to an activating group) is 1. The molecule has 3 aliphatic rings. The van der Waals surface area contributed by atoms with Crippen LogP contribution in [0, 0.1) is 6.92 Å². The Morgan fingerprint density at radius 1 is 1.02 bits per heavy atom. The Balaban J connectivity index is 1.11. The second-order valence-electron chi connectivity index (χ2n) is 10.9. The van der Waals surface area contributed by atoms with Crippen molar-refractivity contribution in [3.05, 3.63) is 42.4 Å². The molecule has 3 atom stereocenters. The van der Waals surface area contributed by atoms with Gasteiger partial charge in [-0.25, -0.2) is 19.9 Å². The van der Waals surface area contributed by atoms with Gasteiger partial charge in [-0.3, -0.25) is 4.90 Å². The van der Waals surface area contributed by atoms with Crippen LogP contribution in [0.5, 0.6) is 0 Å². The van der Waals surface area contributed by atoms with Gasteiger partial charge in [-0.1, -0.05) is 13.8 Å². The van der Waals surface area contributed by atoms with Crippen molar-refractivity contribution >= 4 is 45.0 Å². The van der Waals surface area contributed by atoms with E-state index in [1.807, 2.05) is 37.5 Å². The normalized spacial score (nSPS) is 22.9. The van der Waals surface area contributed by atoms with Crippen molar-refractivity contribution in [2.45, 2.75) is 51.7 Å². The van der Waals surface area contributed by atoms with Crippen LogP contribution in [0.4, 0.5) is 23.4 Å². The molecular formula is C29H35N9OS. The third-order valence-electron chi connectivity index (χ3n) is 8.38. The van der Waals surface area contributed by atoms with Crippen molar-refractivity contribution < 1.29 is 4.74 Å². The molecule has 0 spiro atoms. The predicted molar refractivity (Wildman–Crippen MR) is 160 cm³/mol. The van der Waals surface area contributed by atoms with Crippen LogP contribution < -0.4 is 15.1 Å². The van der Waals surface area contributed by atoms with Crippen LogP contribution >= 0.6 is 11.3 Å². The van der Waals surface area contributed by atoms with Crippen molar-refractivity contribution in [3.63, 3.8) is 0 Å². The van der Waals surface area contributed by atoms with Crippen LogP contribution in [0.2, 0.25) is 0 Å². The Labute approximate surface area is 238 Å². The molecule has 11 heteroatoms. The summed E-state index contributed by atoms with van der Waals surface area (Å²) in [5, 5.41) is 4.38. The lowest BCUT2D eigenvalue weighted by Crippen LogP contribution is -2.46. The van der Waals surface area contributed by atoms with Crippen LogP contribution in [0.3, 0.4) is 0 Å². The molecule has 10 nitrogen and oxygen atoms in total. The monoisotopic (exact) mass is 557 g/mol. The number of aromatic nitrogens is 5. The second-order valence-corrected chi connectivity index (χ2v) is 11.9. The number of thiazole rings is 1. The van der Waals surface area contributed by atoms with Gasteiger partial charge in [0.1, 0.15) is 22.5 Å². The summed E-state index contributed by atoms with van der Waals surface area (Å²) in [7, 11) is 0. The number of piperazine rings is 1. The number of fused-ring (bicyclic) bond motifs is 3. The SMILES string of the molecule is CC[C@@H]1COCCN1c1cc(-c2nc3cc(Nc4cc(C)nc(N5C[C@@H]6C[C@H]5CN6CC)n4)ncc3s2)ccn1. The van der Waals surface area contributed by atoms with Crippen molar-refractivity contribution in [2.24, 2.45) is 0 Å². The molecule has 1 N–H and O–H groups in total. The molecule has 0 unspecified atom stereocenters. The number of hydrogen-bond acceptors (Lipinski definition) is 11. The van der Waals surface area contributed by atoms with Crippen molar-refractivity contribution in [1.82, 2.24) is 29.8 Å². The van der Waals surface area contributed by atoms with E-state index in [9.17, 15) is 0 Å². The van der Waals surface area contributed by atoms with Gasteiger partial charge in [0, 0.05) is 67.5 Å². The van der Waals surface area contributed by atoms with E-state index in [0.29, 0.717) is 18.1 Å². The van der Waals surface area contributed by atoms with Crippen molar-refractivity contribution in [3.8, 4) is 10.6 Å². The first-order chi connectivity index (χ1) is 19.6. The largest absolute Gasteiger partial charge is 0.377 e. The molecule has 0 saturated carbocycles. The fourth-order valence-corrected chi connectivity index (χ4v) is 7.20. The highest BCUT2D eigenvalue weighted by Gasteiger charge is 2.43. The van der Waals surface area contributed by atoms with Gasteiger partial charge in [0.05, 0.1) is 29.5 Å². The molecule has 0 amide bonds. The Morgan fingerprint density at radius 3 is 2.77 bits per heavy atom. The summed E-state index contributed by atoms with van der Waals surface area (Å²) in [6.07, 6.45) is 6.00. The Bertz CT molecular complexity index is 1530. The molecule has 7 heterocycles. The number of nitrogens with zero attached hydrogens (tertiary/aromatic N) is 8. The lowest BCUT2D eigenvalue weighted by molar-refractivity contribution is 0.0926. The van der Waals surface area contributed by atoms with Gasteiger partial charge in [0.15, 0.2) is 0 Å². The number of nitrogens with one attached hydrogen (secondary N) is 1. The van der Waals surface area contributed by atoms with Crippen LogP contribution in [-0.4, -0.2) is 87.3 Å². The highest BCUT2D eigenvalue weighted by molar-refractivity contribution is 7.21. The molecule has 0 radical (unpaired) electrons. The van der Waals surface area contributed by atoms with Crippen molar-refractivity contribution in [2.75, 3.05) is 54.5 Å². The molecule has 2 bridgehead atoms. The standard InChI is InChI=1S/C29H35N9OS/c1-4-20-17-39-9-8-37(20)27-11-19(6-7-30-27)28-33-23-13-25(31-14-24(23)40-28)34-26-10-18(3)32-29(35-26)38-16-21-12-22(38)15-36(21)5-2/h6-7,10-11,13-14,20-22H,4-5,8-9,12,15-17H2,1-3H3,(H,31,32,34,35)/t20-,21+,22+/m1/s1. The molecule has 3 fully saturated rings. The highest BCUT2D eigenvalue weighted by Crippen LogP contribution is 2.35. The summed E-state index contributed by atoms with van der Waals surface area (Å²) in [6, 6.07) is 9.61. The lowest BCUT2D eigenvalue weighted by atomic mass is 10.1. The first-order valence-electron chi connectivity index (χ1n) is 14.3. The van der Waals surface area contributed by atoms with Gasteiger partial charge >= 0.3 is 0 Å². The van der Waals surface area contributed by atoms with Crippen LogP contribution in [0.1, 0.15) is 32.4 Å². The molecule has 0 aromatic carbocycles. The second kappa shape index (κ2) is 10.5. The number of likely N-dealkylation sites (tertiary alicyclic amines) is 1. The maximum atomic E-state index is 5.69. The quantitative estimate of drug-likeness (QED) is 0.350. The maximum Gasteiger partial charge on any atom is 0.227 e. The minimum absolute atomic E-state index is 0.349. The topological polar surface area (TPSA) is 95.4 Å². The lowest BCUT2D eigenvalue weighted by Gasteiger charge is -2.36. The molecule has 3 saturated heterocycles. The molecule has 4 aromatic rings. The summed E-state index contributed by atoms with van der Waals surface area (Å²) >= 11 is 1.65. The number of aryl methyl sites for hydroxylation is 1. The van der Waals surface area contributed by atoms with Gasteiger partial charge < -0.3 is 19.9 Å². The number of anilines is 4. The fraction of sp³-hybridized carbons (Fsp3) is 0.483. The third kappa shape index (κ3) is 4.76. The number of hydrogen-bond donors (Lipinski definition) is 1. The zero-order chi connectivity index (χ0) is 27.2. The number of ether oxygens (including phenoxy) is 1. The Morgan fingerprint density at radius 2 is 1.95 bits per heavy atom. The summed E-state index contributed by atoms with van der Waals surface area (Å²) < 4.78 is 6.73. The molecule has 3 aliphatic heterocycles. The number of pyridine rings is 2. The van der Waals surface area contributed by atoms with E-state index in [4.69, 9.17) is 19.7 Å². The number of rotatable bonds is 7. The van der Waals surface area contributed by atoms with Crippen LogP contribution in [-0.2, 0) is 4.74 Å². The molecule has 7 rings (SSSR count). The predicted octanol–water partition coefficient (Wildman–Crippen LogP) is 4.49. The molecule has 40 heavy (non-hydrogen) atoms. The van der Waals surface area contributed by atoms with Gasteiger partial charge in [0.25, 0.3) is 0 Å². The zero-order valence-electron chi connectivity index (χ0n) is 23.2. The van der Waals surface area contributed by atoms with Gasteiger partial charge in [-0.15, -0.1) is 11.3 Å². The first kappa shape index (κ1) is 25.6. The molecule has 4 aromatic heterocycles. The van der Waals surface area contributed by atoms with E-state index in [2.05, 4.69) is 49.9 Å². The number of morpholine rings is 1. The molecule has 208 valence electrons. The molecular weight excluding hydrogens is 522 g/mol. The smallest absolute Gasteiger partial charge is 0.227 e. The van der Waals surface area contributed by atoms with E-state index >= 15 is 0 Å². The summed E-state index contributed by atoms with van der Waals surface area (Å²) in [5.74, 6) is 3.27. The minimum Gasteiger partial charge on any atom is -0.377 e. The minimum atomic E-state index is 0.349. The fourth-order valence-electron chi connectivity index (χ4n) is 6.29. The van der Waals surface area contributed by atoms with E-state index in [1.54, 1.807) is 11.3 Å². The van der Waals surface area contributed by atoms with E-state index in [-0.39, 0.29) is 0 Å². The van der Waals surface area contributed by atoms with E-state index in [0.717, 1.165) is 95.7 Å². The Kier molecular flexibility index (Phi) is 6.73. The highest BCUT2D eigenvalue weighted by atomic mass is 32.1. The maximum absolute atomic E-state index is 5.69. The van der Waals surface area contributed by atoms with E-state index in [1.165, 1.54) is 6.42 Å². The summed E-state index contributed by atoms with van der Waals surface area (Å²) in [5.41, 5.74) is 2.93. The average molecular weight is 558 g/mol. The zero-order valence-corrected chi connectivity index (χ0v) is 24.1. The van der Waals surface area contributed by atoms with Crippen LogP contribution in [0.15, 0.2) is 36.7 Å². The third-order valence-corrected chi connectivity index (χ3v) is 9.43. The Hall–Kier alpha value is -3.41. The first-order valence-corrected chi connectivity index (χ1v) is 15.1. The summed E-state index contributed by atoms with van der Waals surface area (Å²) in [4.78, 5) is 31.3. The van der Waals surface area contributed by atoms with Crippen LogP contribution in [0.25, 0.3) is 20.8 Å². The van der Waals surface area contributed by atoms with Crippen molar-refractivity contribution in [1.29, 1.82) is 0 Å². The molecule has 0 aliphatic carbocycles.